The highest BCUT2D eigenvalue weighted by Crippen LogP contribution is 2.39. The van der Waals surface area contributed by atoms with E-state index in [4.69, 9.17) is 4.74 Å². The summed E-state index contributed by atoms with van der Waals surface area (Å²) in [4.78, 5) is 22.5. The van der Waals surface area contributed by atoms with Gasteiger partial charge in [-0.25, -0.2) is 0 Å². The summed E-state index contributed by atoms with van der Waals surface area (Å²) >= 11 is 0. The molecule has 0 saturated carbocycles. The maximum atomic E-state index is 13.8. The van der Waals surface area contributed by atoms with Crippen molar-refractivity contribution in [1.82, 2.24) is 4.98 Å². The van der Waals surface area contributed by atoms with Crippen molar-refractivity contribution in [2.24, 2.45) is 0 Å². The first-order valence-electron chi connectivity index (χ1n) is 13.4. The Bertz CT molecular complexity index is 1500. The summed E-state index contributed by atoms with van der Waals surface area (Å²) in [5.41, 5.74) is 8.26. The minimum atomic E-state index is 0.0000644. The second-order valence-electron chi connectivity index (χ2n) is 11.2. The fraction of sp³-hybridized carbons (Fsp3) is 0.312. The molecule has 6 nitrogen and oxygen atoms in total. The number of carbonyl (C=O) groups excluding carboxylic acids is 1. The Hall–Kier alpha value is -3.90. The van der Waals surface area contributed by atoms with Gasteiger partial charge in [-0.15, -0.1) is 0 Å². The maximum absolute atomic E-state index is 13.8. The highest BCUT2D eigenvalue weighted by Gasteiger charge is 2.32. The Morgan fingerprint density at radius 3 is 2.63 bits per heavy atom. The lowest BCUT2D eigenvalue weighted by Crippen LogP contribution is -2.38. The zero-order valence-corrected chi connectivity index (χ0v) is 22.3. The number of pyridine rings is 1. The highest BCUT2D eigenvalue weighted by atomic mass is 16.5. The van der Waals surface area contributed by atoms with Gasteiger partial charge in [-0.2, -0.15) is 0 Å². The number of nitrogens with zero attached hydrogens (tertiary/aromatic N) is 3. The van der Waals surface area contributed by atoms with Crippen LogP contribution in [0.5, 0.6) is 0 Å². The molecule has 194 valence electrons. The van der Waals surface area contributed by atoms with Crippen LogP contribution in [-0.4, -0.2) is 37.2 Å². The van der Waals surface area contributed by atoms with Crippen molar-refractivity contribution in [3.8, 4) is 0 Å². The molecular formula is C32H34N4O2. The quantitative estimate of drug-likeness (QED) is 0.352. The molecule has 4 aromatic rings. The first kappa shape index (κ1) is 24.4. The molecule has 1 aromatic heterocycles. The summed E-state index contributed by atoms with van der Waals surface area (Å²) in [6, 6.07) is 22.9. The second-order valence-corrected chi connectivity index (χ2v) is 11.2. The first-order chi connectivity index (χ1) is 18.4. The van der Waals surface area contributed by atoms with Crippen molar-refractivity contribution in [1.29, 1.82) is 0 Å². The molecule has 6 rings (SSSR count). The summed E-state index contributed by atoms with van der Waals surface area (Å²) in [6.07, 6.45) is 1.81. The summed E-state index contributed by atoms with van der Waals surface area (Å²) in [5, 5.41) is 4.64. The first-order valence-corrected chi connectivity index (χ1v) is 13.4. The number of aromatic nitrogens is 1. The third-order valence-electron chi connectivity index (χ3n) is 7.54. The van der Waals surface area contributed by atoms with Crippen molar-refractivity contribution >= 4 is 33.9 Å². The van der Waals surface area contributed by atoms with Crippen LogP contribution < -0.4 is 15.1 Å². The van der Waals surface area contributed by atoms with Crippen LogP contribution >= 0.6 is 0 Å². The molecule has 1 amide bonds. The SMILES string of the molecule is CC(C)(C)c1ccc(N2Cc3cccc(NCc4ccc5ncccc5c4)c3C2=O)cc1N1CCOCC1. The molecule has 3 heterocycles. The maximum Gasteiger partial charge on any atom is 0.261 e. The fourth-order valence-electron chi connectivity index (χ4n) is 5.54. The zero-order chi connectivity index (χ0) is 26.3. The molecule has 0 atom stereocenters. The lowest BCUT2D eigenvalue weighted by molar-refractivity contribution is 0.0997. The van der Waals surface area contributed by atoms with E-state index in [2.05, 4.69) is 78.4 Å². The summed E-state index contributed by atoms with van der Waals surface area (Å²) < 4.78 is 5.61. The van der Waals surface area contributed by atoms with Crippen LogP contribution in [0.3, 0.4) is 0 Å². The van der Waals surface area contributed by atoms with Gasteiger partial charge in [0, 0.05) is 48.3 Å². The Kier molecular flexibility index (Phi) is 6.28. The molecule has 2 aliphatic rings. The van der Waals surface area contributed by atoms with Crippen LogP contribution in [0.1, 0.15) is 47.8 Å². The number of morpholine rings is 1. The van der Waals surface area contributed by atoms with E-state index in [1.165, 1.54) is 11.3 Å². The molecule has 6 heteroatoms. The minimum absolute atomic E-state index is 0.0000644. The molecule has 2 aliphatic heterocycles. The minimum Gasteiger partial charge on any atom is -0.380 e. The number of benzene rings is 3. The summed E-state index contributed by atoms with van der Waals surface area (Å²) in [6.45, 7) is 11.1. The number of amides is 1. The molecule has 0 aliphatic carbocycles. The van der Waals surface area contributed by atoms with E-state index in [1.54, 1.807) is 0 Å². The highest BCUT2D eigenvalue weighted by molar-refractivity contribution is 6.13. The van der Waals surface area contributed by atoms with Gasteiger partial charge in [0.1, 0.15) is 0 Å². The number of rotatable bonds is 5. The average molecular weight is 507 g/mol. The average Bonchev–Trinajstić information content (AvgIpc) is 3.28. The van der Waals surface area contributed by atoms with Crippen LogP contribution in [0, 0.1) is 0 Å². The van der Waals surface area contributed by atoms with Crippen LogP contribution in [0.25, 0.3) is 10.9 Å². The number of hydrogen-bond donors (Lipinski definition) is 1. The monoisotopic (exact) mass is 506 g/mol. The van der Waals surface area contributed by atoms with E-state index < -0.39 is 0 Å². The zero-order valence-electron chi connectivity index (χ0n) is 22.3. The number of hydrogen-bond acceptors (Lipinski definition) is 5. The van der Waals surface area contributed by atoms with Gasteiger partial charge in [-0.1, -0.05) is 51.1 Å². The van der Waals surface area contributed by atoms with Gasteiger partial charge in [0.15, 0.2) is 0 Å². The number of ether oxygens (including phenoxy) is 1. The standard InChI is InChI=1S/C32H34N4O2/c1-32(2,3)26-11-10-25(19-29(26)35-14-16-38-17-15-35)36-21-24-6-4-8-28(30(24)31(36)37)34-20-22-9-12-27-23(18-22)7-5-13-33-27/h4-13,18-19,34H,14-17,20-21H2,1-3H3. The van der Waals surface area contributed by atoms with Gasteiger partial charge >= 0.3 is 0 Å². The molecule has 1 N–H and O–H groups in total. The van der Waals surface area contributed by atoms with E-state index in [0.29, 0.717) is 13.1 Å². The number of fused-ring (bicyclic) bond motifs is 2. The summed E-state index contributed by atoms with van der Waals surface area (Å²) in [5.74, 6) is 0.0437. The van der Waals surface area contributed by atoms with Crippen molar-refractivity contribution in [2.45, 2.75) is 39.3 Å². The molecule has 0 spiro atoms. The third kappa shape index (κ3) is 4.61. The van der Waals surface area contributed by atoms with Crippen LogP contribution in [0.15, 0.2) is 72.9 Å². The Balaban J connectivity index is 1.27. The van der Waals surface area contributed by atoms with Crippen LogP contribution in [0.2, 0.25) is 0 Å². The van der Waals surface area contributed by atoms with Crippen molar-refractivity contribution in [3.63, 3.8) is 0 Å². The predicted molar refractivity (Wildman–Crippen MR) is 154 cm³/mol. The van der Waals surface area contributed by atoms with E-state index in [0.717, 1.165) is 65.3 Å². The molecular weight excluding hydrogens is 472 g/mol. The van der Waals surface area contributed by atoms with Crippen LogP contribution in [-0.2, 0) is 23.2 Å². The van der Waals surface area contributed by atoms with E-state index in [9.17, 15) is 4.79 Å². The predicted octanol–water partition coefficient (Wildman–Crippen LogP) is 6.14. The summed E-state index contributed by atoms with van der Waals surface area (Å²) in [7, 11) is 0. The van der Waals surface area contributed by atoms with Gasteiger partial charge in [0.05, 0.1) is 30.8 Å². The lowest BCUT2D eigenvalue weighted by Gasteiger charge is -2.35. The lowest BCUT2D eigenvalue weighted by atomic mass is 9.85. The molecule has 3 aromatic carbocycles. The Morgan fingerprint density at radius 2 is 1.82 bits per heavy atom. The molecule has 1 fully saturated rings. The van der Waals surface area contributed by atoms with Gasteiger partial charge in [0.2, 0.25) is 0 Å². The third-order valence-corrected chi connectivity index (χ3v) is 7.54. The smallest absolute Gasteiger partial charge is 0.261 e. The van der Waals surface area contributed by atoms with Gasteiger partial charge < -0.3 is 19.9 Å². The molecule has 38 heavy (non-hydrogen) atoms. The van der Waals surface area contributed by atoms with Crippen molar-refractivity contribution in [3.05, 3.63) is 95.2 Å². The number of carbonyl (C=O) groups is 1. The molecule has 0 bridgehead atoms. The van der Waals surface area contributed by atoms with Gasteiger partial charge in [-0.05, 0) is 58.5 Å². The van der Waals surface area contributed by atoms with Crippen molar-refractivity contribution in [2.75, 3.05) is 41.4 Å². The van der Waals surface area contributed by atoms with Crippen LogP contribution in [0.4, 0.5) is 17.1 Å². The fourth-order valence-corrected chi connectivity index (χ4v) is 5.54. The van der Waals surface area contributed by atoms with Gasteiger partial charge in [0.25, 0.3) is 5.91 Å². The normalized spacial score (nSPS) is 15.7. The molecule has 0 radical (unpaired) electrons. The Labute approximate surface area is 224 Å². The topological polar surface area (TPSA) is 57.7 Å². The number of nitrogens with one attached hydrogen (secondary N) is 1. The van der Waals surface area contributed by atoms with E-state index in [-0.39, 0.29) is 11.3 Å². The molecule has 1 saturated heterocycles. The van der Waals surface area contributed by atoms with Crippen molar-refractivity contribution < 1.29 is 9.53 Å². The van der Waals surface area contributed by atoms with Gasteiger partial charge in [-0.3, -0.25) is 9.78 Å². The molecule has 0 unspecified atom stereocenters. The largest absolute Gasteiger partial charge is 0.380 e. The van der Waals surface area contributed by atoms with E-state index >= 15 is 0 Å². The second kappa shape index (κ2) is 9.76. The number of anilines is 3. The Morgan fingerprint density at radius 1 is 0.974 bits per heavy atom. The van der Waals surface area contributed by atoms with E-state index in [1.807, 2.05) is 35.4 Å².